The number of carbonyl (C=O) groups is 1. The second-order valence-corrected chi connectivity index (χ2v) is 7.40. The summed E-state index contributed by atoms with van der Waals surface area (Å²) < 4.78 is 0. The second kappa shape index (κ2) is 8.78. The van der Waals surface area contributed by atoms with Gasteiger partial charge >= 0.3 is 0 Å². The number of amides is 1. The Labute approximate surface area is 175 Å². The number of fused-ring (bicyclic) bond motifs is 1. The van der Waals surface area contributed by atoms with Gasteiger partial charge in [-0.05, 0) is 35.7 Å². The highest BCUT2D eigenvalue weighted by molar-refractivity contribution is 5.94. The molecule has 0 atom stereocenters. The van der Waals surface area contributed by atoms with Crippen LogP contribution in [0.5, 0.6) is 0 Å². The van der Waals surface area contributed by atoms with E-state index in [2.05, 4.69) is 10.3 Å². The molecule has 4 rings (SSSR count). The maximum atomic E-state index is 12.9. The highest BCUT2D eigenvalue weighted by Crippen LogP contribution is 2.28. The molecule has 4 aromatic rings. The fourth-order valence-electron chi connectivity index (χ4n) is 3.77. The van der Waals surface area contributed by atoms with Crippen molar-refractivity contribution < 1.29 is 4.79 Å². The minimum absolute atomic E-state index is 0.0385. The molecule has 0 saturated carbocycles. The molecular weight excluding hydrogens is 372 g/mol. The molecule has 0 saturated heterocycles. The first-order chi connectivity index (χ1) is 14.6. The Morgan fingerprint density at radius 2 is 1.53 bits per heavy atom. The first-order valence-corrected chi connectivity index (χ1v) is 10.2. The van der Waals surface area contributed by atoms with Crippen molar-refractivity contribution in [2.24, 2.45) is 0 Å². The summed E-state index contributed by atoms with van der Waals surface area (Å²) in [5.74, 6) is -0.128. The summed E-state index contributed by atoms with van der Waals surface area (Å²) in [4.78, 5) is 28.6. The largest absolute Gasteiger partial charge is 0.358 e. The number of carbonyl (C=O) groups excluding carboxylic acids is 1. The molecule has 0 radical (unpaired) electrons. The average Bonchev–Trinajstić information content (AvgIpc) is 2.79. The summed E-state index contributed by atoms with van der Waals surface area (Å²) in [6.07, 6.45) is 1.08. The Balaban J connectivity index is 1.58. The van der Waals surface area contributed by atoms with E-state index in [9.17, 15) is 9.59 Å². The number of pyridine rings is 1. The smallest absolute Gasteiger partial charge is 0.225 e. The lowest BCUT2D eigenvalue weighted by atomic mass is 9.88. The maximum absolute atomic E-state index is 12.9. The van der Waals surface area contributed by atoms with Crippen LogP contribution in [-0.2, 0) is 11.2 Å². The summed E-state index contributed by atoms with van der Waals surface area (Å²) in [5, 5.41) is 3.54. The van der Waals surface area contributed by atoms with E-state index in [-0.39, 0.29) is 17.3 Å². The molecule has 2 N–H and O–H groups in total. The van der Waals surface area contributed by atoms with Crippen LogP contribution in [0.4, 0.5) is 5.69 Å². The van der Waals surface area contributed by atoms with Gasteiger partial charge in [-0.1, -0.05) is 67.6 Å². The predicted octanol–water partition coefficient (Wildman–Crippen LogP) is 5.25. The van der Waals surface area contributed by atoms with Gasteiger partial charge < -0.3 is 10.3 Å². The normalized spacial score (nSPS) is 11.0. The van der Waals surface area contributed by atoms with Gasteiger partial charge in [-0.2, -0.15) is 0 Å². The number of aromatic amines is 1. The van der Waals surface area contributed by atoms with E-state index >= 15 is 0 Å². The van der Waals surface area contributed by atoms with Crippen LogP contribution < -0.4 is 10.7 Å². The first kappa shape index (κ1) is 19.6. The van der Waals surface area contributed by atoms with Crippen LogP contribution in [0.1, 0.15) is 36.1 Å². The van der Waals surface area contributed by atoms with E-state index in [1.54, 1.807) is 12.1 Å². The Hall–Kier alpha value is -3.66. The highest BCUT2D eigenvalue weighted by Gasteiger charge is 2.18. The number of anilines is 1. The number of aromatic nitrogens is 1. The number of aryl methyl sites for hydroxylation is 1. The molecule has 4 nitrogen and oxygen atoms in total. The van der Waals surface area contributed by atoms with Crippen LogP contribution in [0.2, 0.25) is 0 Å². The number of benzene rings is 3. The van der Waals surface area contributed by atoms with Crippen LogP contribution in [0.15, 0.2) is 89.7 Å². The van der Waals surface area contributed by atoms with Crippen molar-refractivity contribution in [3.8, 4) is 0 Å². The number of H-pyrrole nitrogens is 1. The van der Waals surface area contributed by atoms with Gasteiger partial charge in [0.1, 0.15) is 0 Å². The van der Waals surface area contributed by atoms with Crippen LogP contribution >= 0.6 is 0 Å². The van der Waals surface area contributed by atoms with Gasteiger partial charge in [0.05, 0.1) is 0 Å². The van der Waals surface area contributed by atoms with Crippen LogP contribution in [0.25, 0.3) is 10.9 Å². The molecular formula is C26H24N2O2. The Kier molecular flexibility index (Phi) is 5.75. The second-order valence-electron chi connectivity index (χ2n) is 7.40. The fraction of sp³-hybridized carbons (Fsp3) is 0.154. The molecule has 0 unspecified atom stereocenters. The van der Waals surface area contributed by atoms with E-state index in [0.717, 1.165) is 28.8 Å². The number of rotatable bonds is 6. The quantitative estimate of drug-likeness (QED) is 0.467. The van der Waals surface area contributed by atoms with E-state index < -0.39 is 0 Å². The first-order valence-electron chi connectivity index (χ1n) is 10.2. The SMILES string of the molecule is CCc1cc(=O)c2cc(NC(=O)CC(c3ccccc3)c3ccccc3)ccc2[nH]1. The molecule has 3 aromatic carbocycles. The summed E-state index contributed by atoms with van der Waals surface area (Å²) >= 11 is 0. The third-order valence-electron chi connectivity index (χ3n) is 5.34. The van der Waals surface area contributed by atoms with Crippen molar-refractivity contribution >= 4 is 22.5 Å². The molecule has 0 aliphatic heterocycles. The molecule has 1 heterocycles. The molecule has 0 fully saturated rings. The van der Waals surface area contributed by atoms with Gasteiger partial charge in [0, 0.05) is 40.7 Å². The molecule has 1 aromatic heterocycles. The van der Waals surface area contributed by atoms with Gasteiger partial charge in [-0.15, -0.1) is 0 Å². The molecule has 150 valence electrons. The summed E-state index contributed by atoms with van der Waals surface area (Å²) in [6.45, 7) is 2.00. The third-order valence-corrected chi connectivity index (χ3v) is 5.34. The lowest BCUT2D eigenvalue weighted by Gasteiger charge is -2.18. The fourth-order valence-corrected chi connectivity index (χ4v) is 3.77. The molecule has 0 bridgehead atoms. The number of hydrogen-bond acceptors (Lipinski definition) is 2. The topological polar surface area (TPSA) is 62.0 Å². The van der Waals surface area contributed by atoms with Crippen LogP contribution in [-0.4, -0.2) is 10.9 Å². The van der Waals surface area contributed by atoms with Gasteiger partial charge in [-0.3, -0.25) is 9.59 Å². The monoisotopic (exact) mass is 396 g/mol. The zero-order chi connectivity index (χ0) is 20.9. The number of hydrogen-bond donors (Lipinski definition) is 2. The van der Waals surface area contributed by atoms with Crippen molar-refractivity contribution in [2.75, 3.05) is 5.32 Å². The minimum Gasteiger partial charge on any atom is -0.358 e. The molecule has 0 aliphatic rings. The van der Waals surface area contributed by atoms with Gasteiger partial charge in [0.2, 0.25) is 5.91 Å². The van der Waals surface area contributed by atoms with Gasteiger partial charge in [0.15, 0.2) is 5.43 Å². The number of nitrogens with one attached hydrogen (secondary N) is 2. The van der Waals surface area contributed by atoms with Crippen molar-refractivity contribution in [3.63, 3.8) is 0 Å². The van der Waals surface area contributed by atoms with Crippen LogP contribution in [0, 0.1) is 0 Å². The van der Waals surface area contributed by atoms with E-state index in [0.29, 0.717) is 17.5 Å². The average molecular weight is 396 g/mol. The summed E-state index contributed by atoms with van der Waals surface area (Å²) in [6, 6.07) is 27.1. The molecule has 0 spiro atoms. The van der Waals surface area contributed by atoms with Crippen molar-refractivity contribution in [3.05, 3.63) is 112 Å². The molecule has 30 heavy (non-hydrogen) atoms. The summed E-state index contributed by atoms with van der Waals surface area (Å²) in [7, 11) is 0. The van der Waals surface area contributed by atoms with Crippen LogP contribution in [0.3, 0.4) is 0 Å². The van der Waals surface area contributed by atoms with Crippen molar-refractivity contribution in [1.29, 1.82) is 0 Å². The molecule has 0 aliphatic carbocycles. The lowest BCUT2D eigenvalue weighted by molar-refractivity contribution is -0.116. The zero-order valence-electron chi connectivity index (χ0n) is 16.9. The van der Waals surface area contributed by atoms with E-state index in [1.165, 1.54) is 0 Å². The zero-order valence-corrected chi connectivity index (χ0v) is 16.9. The third kappa shape index (κ3) is 4.33. The Morgan fingerprint density at radius 1 is 0.900 bits per heavy atom. The van der Waals surface area contributed by atoms with Gasteiger partial charge in [-0.25, -0.2) is 0 Å². The lowest BCUT2D eigenvalue weighted by Crippen LogP contribution is -2.17. The molecule has 1 amide bonds. The van der Waals surface area contributed by atoms with E-state index in [4.69, 9.17) is 0 Å². The van der Waals surface area contributed by atoms with Crippen molar-refractivity contribution in [1.82, 2.24) is 4.98 Å². The minimum atomic E-state index is -0.0892. The van der Waals surface area contributed by atoms with Crippen molar-refractivity contribution in [2.45, 2.75) is 25.7 Å². The Morgan fingerprint density at radius 3 is 2.13 bits per heavy atom. The Bertz CT molecular complexity index is 1170. The predicted molar refractivity (Wildman–Crippen MR) is 122 cm³/mol. The highest BCUT2D eigenvalue weighted by atomic mass is 16.1. The maximum Gasteiger partial charge on any atom is 0.225 e. The summed E-state index contributed by atoms with van der Waals surface area (Å²) in [5.41, 5.74) is 4.47. The standard InChI is InChI=1S/C26H24N2O2/c1-2-20-16-25(29)23-15-21(13-14-24(23)27-20)28-26(30)17-22(18-9-5-3-6-10-18)19-11-7-4-8-12-19/h3-16,22H,2,17H2,1H3,(H,27,29)(H,28,30). The van der Waals surface area contributed by atoms with Gasteiger partial charge in [0.25, 0.3) is 0 Å². The van der Waals surface area contributed by atoms with E-state index in [1.807, 2.05) is 79.7 Å². The molecule has 4 heteroatoms.